The second kappa shape index (κ2) is 7.09. The van der Waals surface area contributed by atoms with Gasteiger partial charge in [0.1, 0.15) is 11.7 Å². The summed E-state index contributed by atoms with van der Waals surface area (Å²) in [5, 5.41) is 6.90. The molecular formula is C17H22N4O2. The van der Waals surface area contributed by atoms with Gasteiger partial charge in [-0.1, -0.05) is 37.3 Å². The highest BCUT2D eigenvalue weighted by molar-refractivity contribution is 5.96. The fourth-order valence-corrected chi connectivity index (χ4v) is 2.35. The summed E-state index contributed by atoms with van der Waals surface area (Å²) >= 11 is 0. The molecule has 0 spiro atoms. The molecule has 2 atom stereocenters. The fourth-order valence-electron chi connectivity index (χ4n) is 2.35. The van der Waals surface area contributed by atoms with Gasteiger partial charge in [0.15, 0.2) is 0 Å². The summed E-state index contributed by atoms with van der Waals surface area (Å²) in [4.78, 5) is 24.1. The molecule has 6 nitrogen and oxygen atoms in total. The third-order valence-corrected chi connectivity index (χ3v) is 3.79. The van der Waals surface area contributed by atoms with E-state index >= 15 is 0 Å². The number of nitrogens with one attached hydrogen (secondary N) is 1. The average molecular weight is 314 g/mol. The van der Waals surface area contributed by atoms with Crippen LogP contribution in [0.15, 0.2) is 42.6 Å². The van der Waals surface area contributed by atoms with Crippen molar-refractivity contribution in [1.29, 1.82) is 0 Å². The van der Waals surface area contributed by atoms with E-state index in [2.05, 4.69) is 10.4 Å². The summed E-state index contributed by atoms with van der Waals surface area (Å²) in [6, 6.07) is 10.5. The maximum atomic E-state index is 12.3. The van der Waals surface area contributed by atoms with E-state index in [9.17, 15) is 9.59 Å². The van der Waals surface area contributed by atoms with E-state index in [4.69, 9.17) is 5.73 Å². The quantitative estimate of drug-likeness (QED) is 0.852. The molecule has 0 radical (unpaired) electrons. The van der Waals surface area contributed by atoms with Gasteiger partial charge in [-0.2, -0.15) is 5.10 Å². The zero-order chi connectivity index (χ0) is 17.0. The molecule has 2 amide bonds. The Bertz CT molecular complexity index is 679. The van der Waals surface area contributed by atoms with Gasteiger partial charge in [0.05, 0.1) is 0 Å². The molecular weight excluding hydrogens is 292 g/mol. The van der Waals surface area contributed by atoms with Crippen molar-refractivity contribution in [1.82, 2.24) is 15.1 Å². The molecule has 2 rings (SSSR count). The first-order chi connectivity index (χ1) is 10.9. The topological polar surface area (TPSA) is 90.0 Å². The van der Waals surface area contributed by atoms with Gasteiger partial charge in [-0.05, 0) is 25.5 Å². The zero-order valence-electron chi connectivity index (χ0n) is 13.6. The highest BCUT2D eigenvalue weighted by atomic mass is 16.2. The Morgan fingerprint density at radius 1 is 1.13 bits per heavy atom. The van der Waals surface area contributed by atoms with Gasteiger partial charge in [0.25, 0.3) is 5.91 Å². The molecule has 1 aromatic carbocycles. The van der Waals surface area contributed by atoms with Gasteiger partial charge in [0, 0.05) is 18.2 Å². The van der Waals surface area contributed by atoms with E-state index in [1.165, 1.54) is 0 Å². The molecule has 0 aliphatic rings. The van der Waals surface area contributed by atoms with Gasteiger partial charge < -0.3 is 11.1 Å². The first-order valence-electron chi connectivity index (χ1n) is 7.60. The lowest BCUT2D eigenvalue weighted by atomic mass is 9.92. The van der Waals surface area contributed by atoms with Gasteiger partial charge in [-0.3, -0.25) is 14.3 Å². The van der Waals surface area contributed by atoms with E-state index in [0.717, 1.165) is 5.56 Å². The molecule has 3 N–H and O–H groups in total. The Kier molecular flexibility index (Phi) is 5.16. The molecule has 0 aliphatic heterocycles. The number of nitrogens with zero attached hydrogens (tertiary/aromatic N) is 2. The summed E-state index contributed by atoms with van der Waals surface area (Å²) < 4.78 is 1.69. The van der Waals surface area contributed by atoms with Crippen LogP contribution < -0.4 is 11.1 Å². The van der Waals surface area contributed by atoms with Crippen molar-refractivity contribution in [2.45, 2.75) is 38.8 Å². The summed E-state index contributed by atoms with van der Waals surface area (Å²) in [6.45, 7) is 5.80. The van der Waals surface area contributed by atoms with E-state index in [1.807, 2.05) is 51.1 Å². The summed E-state index contributed by atoms with van der Waals surface area (Å²) in [5.74, 6) is -1.21. The second-order valence-corrected chi connectivity index (χ2v) is 5.83. The van der Waals surface area contributed by atoms with Crippen LogP contribution in [0.2, 0.25) is 0 Å². The number of aromatic nitrogens is 2. The number of hydrogen-bond acceptors (Lipinski definition) is 3. The van der Waals surface area contributed by atoms with Crippen molar-refractivity contribution in [2.75, 3.05) is 0 Å². The molecule has 6 heteroatoms. The Morgan fingerprint density at radius 3 is 2.30 bits per heavy atom. The average Bonchev–Trinajstić information content (AvgIpc) is 3.02. The first-order valence-corrected chi connectivity index (χ1v) is 7.60. The molecule has 0 unspecified atom stereocenters. The Labute approximate surface area is 135 Å². The molecule has 0 saturated carbocycles. The highest BCUT2D eigenvalue weighted by Crippen LogP contribution is 2.19. The van der Waals surface area contributed by atoms with Crippen LogP contribution in [0.3, 0.4) is 0 Å². The standard InChI is InChI=1S/C17H22N4O2/c1-11(2)21-10-9-14(20-21)17(23)19-15(16(18)22)12(3)13-7-5-4-6-8-13/h4-12,15H,1-3H3,(H2,18,22)(H,19,23)/t12-,15+/m0/s1. The Balaban J connectivity index is 2.15. The van der Waals surface area contributed by atoms with Gasteiger partial charge in [-0.15, -0.1) is 0 Å². The van der Waals surface area contributed by atoms with Crippen molar-refractivity contribution in [3.63, 3.8) is 0 Å². The zero-order valence-corrected chi connectivity index (χ0v) is 13.6. The van der Waals surface area contributed by atoms with Gasteiger partial charge >= 0.3 is 0 Å². The fraction of sp³-hybridized carbons (Fsp3) is 0.353. The van der Waals surface area contributed by atoms with Crippen LogP contribution in [0.4, 0.5) is 0 Å². The Hall–Kier alpha value is -2.63. The lowest BCUT2D eigenvalue weighted by Gasteiger charge is -2.22. The molecule has 0 bridgehead atoms. The highest BCUT2D eigenvalue weighted by Gasteiger charge is 2.27. The number of amides is 2. The minimum Gasteiger partial charge on any atom is -0.368 e. The molecule has 0 saturated heterocycles. The smallest absolute Gasteiger partial charge is 0.272 e. The minimum atomic E-state index is -0.797. The van der Waals surface area contributed by atoms with Crippen LogP contribution in [0, 0.1) is 0 Å². The first kappa shape index (κ1) is 16.7. The number of nitrogens with two attached hydrogens (primary N) is 1. The van der Waals surface area contributed by atoms with Crippen LogP contribution in [0.1, 0.15) is 48.8 Å². The Morgan fingerprint density at radius 2 is 1.78 bits per heavy atom. The molecule has 0 fully saturated rings. The third kappa shape index (κ3) is 3.97. The van der Waals surface area contributed by atoms with E-state index in [1.54, 1.807) is 16.9 Å². The van der Waals surface area contributed by atoms with E-state index < -0.39 is 17.9 Å². The van der Waals surface area contributed by atoms with Gasteiger partial charge in [-0.25, -0.2) is 0 Å². The number of benzene rings is 1. The number of primary amides is 1. The summed E-state index contributed by atoms with van der Waals surface area (Å²) in [6.07, 6.45) is 1.74. The lowest BCUT2D eigenvalue weighted by molar-refractivity contribution is -0.120. The van der Waals surface area contributed by atoms with Crippen LogP contribution >= 0.6 is 0 Å². The lowest BCUT2D eigenvalue weighted by Crippen LogP contribution is -2.47. The monoisotopic (exact) mass is 314 g/mol. The van der Waals surface area contributed by atoms with Gasteiger partial charge in [0.2, 0.25) is 5.91 Å². The number of hydrogen-bond donors (Lipinski definition) is 2. The number of rotatable bonds is 6. The van der Waals surface area contributed by atoms with Crippen molar-refractivity contribution < 1.29 is 9.59 Å². The SMILES string of the molecule is CC(C)n1ccc(C(=O)N[C@@H](C(N)=O)[C@@H](C)c2ccccc2)n1. The molecule has 2 aromatic rings. The predicted octanol–water partition coefficient (Wildman–Crippen LogP) is 1.85. The number of carbonyl (C=O) groups is 2. The minimum absolute atomic E-state index is 0.159. The maximum Gasteiger partial charge on any atom is 0.272 e. The number of carbonyl (C=O) groups excluding carboxylic acids is 2. The molecule has 23 heavy (non-hydrogen) atoms. The largest absolute Gasteiger partial charge is 0.368 e. The maximum absolute atomic E-state index is 12.3. The van der Waals surface area contributed by atoms with E-state index in [-0.39, 0.29) is 17.7 Å². The van der Waals surface area contributed by atoms with Crippen molar-refractivity contribution in [3.8, 4) is 0 Å². The molecule has 1 heterocycles. The van der Waals surface area contributed by atoms with Crippen LogP contribution in [-0.4, -0.2) is 27.6 Å². The van der Waals surface area contributed by atoms with E-state index in [0.29, 0.717) is 0 Å². The van der Waals surface area contributed by atoms with Crippen molar-refractivity contribution >= 4 is 11.8 Å². The third-order valence-electron chi connectivity index (χ3n) is 3.79. The predicted molar refractivity (Wildman–Crippen MR) is 87.9 cm³/mol. The normalized spacial score (nSPS) is 13.6. The van der Waals surface area contributed by atoms with Crippen molar-refractivity contribution in [3.05, 3.63) is 53.9 Å². The van der Waals surface area contributed by atoms with Crippen molar-refractivity contribution in [2.24, 2.45) is 5.73 Å². The molecule has 0 aliphatic carbocycles. The van der Waals surface area contributed by atoms with Crippen LogP contribution in [0.5, 0.6) is 0 Å². The summed E-state index contributed by atoms with van der Waals surface area (Å²) in [5.41, 5.74) is 6.68. The van der Waals surface area contributed by atoms with Crippen LogP contribution in [-0.2, 0) is 4.79 Å². The second-order valence-electron chi connectivity index (χ2n) is 5.83. The molecule has 122 valence electrons. The molecule has 1 aromatic heterocycles. The van der Waals surface area contributed by atoms with Crippen LogP contribution in [0.25, 0.3) is 0 Å². The summed E-state index contributed by atoms with van der Waals surface area (Å²) in [7, 11) is 0.